The lowest BCUT2D eigenvalue weighted by Gasteiger charge is -2.17. The van der Waals surface area contributed by atoms with Gasteiger partial charge in [0.1, 0.15) is 29.2 Å². The van der Waals surface area contributed by atoms with Crippen molar-refractivity contribution < 1.29 is 4.74 Å². The van der Waals surface area contributed by atoms with Gasteiger partial charge < -0.3 is 15.0 Å². The van der Waals surface area contributed by atoms with Crippen LogP contribution in [0.4, 0.5) is 5.82 Å². The number of nitrogen functional groups attached to an aromatic ring is 1. The lowest BCUT2D eigenvalue weighted by Crippen LogP contribution is -2.00. The third kappa shape index (κ3) is 2.72. The van der Waals surface area contributed by atoms with Gasteiger partial charge in [-0.25, -0.2) is 15.0 Å². The van der Waals surface area contributed by atoms with E-state index in [1.54, 1.807) is 19.4 Å². The molecule has 0 atom stereocenters. The topological polar surface area (TPSA) is 78.9 Å². The Morgan fingerprint density at radius 2 is 2.11 bits per heavy atom. The fraction of sp³-hybridized carbons (Fsp3) is 0.286. The molecule has 2 N–H and O–H groups in total. The maximum atomic E-state index is 6.28. The summed E-state index contributed by atoms with van der Waals surface area (Å²) in [6.07, 6.45) is 15.5. The van der Waals surface area contributed by atoms with E-state index in [4.69, 9.17) is 16.9 Å². The molecule has 3 aromatic heterocycles. The van der Waals surface area contributed by atoms with E-state index in [0.29, 0.717) is 17.3 Å². The van der Waals surface area contributed by atoms with Gasteiger partial charge in [0.15, 0.2) is 0 Å². The molecule has 0 saturated carbocycles. The van der Waals surface area contributed by atoms with Crippen molar-refractivity contribution in [3.05, 3.63) is 35.9 Å². The van der Waals surface area contributed by atoms with E-state index < -0.39 is 0 Å². The fourth-order valence-electron chi connectivity index (χ4n) is 3.83. The van der Waals surface area contributed by atoms with Crippen LogP contribution in [0.5, 0.6) is 5.75 Å². The van der Waals surface area contributed by atoms with E-state index in [1.165, 1.54) is 18.3 Å². The number of nitrogens with two attached hydrogens (primary N) is 1. The Balaban J connectivity index is 2.10. The first-order chi connectivity index (χ1) is 13.2. The highest BCUT2D eigenvalue weighted by Crippen LogP contribution is 2.44. The minimum Gasteiger partial charge on any atom is -0.496 e. The van der Waals surface area contributed by atoms with Gasteiger partial charge in [0.2, 0.25) is 0 Å². The maximum Gasteiger partial charge on any atom is 0.146 e. The summed E-state index contributed by atoms with van der Waals surface area (Å²) in [5.74, 6) is 3.71. The van der Waals surface area contributed by atoms with Crippen molar-refractivity contribution in [1.29, 1.82) is 0 Å². The maximum absolute atomic E-state index is 6.28. The number of allylic oxidation sites excluding steroid dienone is 2. The molecule has 0 spiro atoms. The molecule has 0 bridgehead atoms. The molecule has 0 fully saturated rings. The fourth-order valence-corrected chi connectivity index (χ4v) is 3.83. The van der Waals surface area contributed by atoms with Crippen LogP contribution in [0.2, 0.25) is 0 Å². The third-order valence-corrected chi connectivity index (χ3v) is 5.10. The quantitative estimate of drug-likeness (QED) is 0.724. The number of aromatic nitrogens is 4. The Hall–Kier alpha value is -3.33. The van der Waals surface area contributed by atoms with Crippen LogP contribution in [0.15, 0.2) is 24.7 Å². The molecule has 0 amide bonds. The van der Waals surface area contributed by atoms with E-state index in [9.17, 15) is 0 Å². The summed E-state index contributed by atoms with van der Waals surface area (Å²) in [4.78, 5) is 13.1. The molecular weight excluding hydrogens is 338 g/mol. The zero-order valence-electron chi connectivity index (χ0n) is 15.5. The van der Waals surface area contributed by atoms with Gasteiger partial charge in [-0.15, -0.1) is 6.42 Å². The predicted octanol–water partition coefficient (Wildman–Crippen LogP) is 3.56. The number of hydrogen-bond acceptors (Lipinski definition) is 5. The molecule has 4 rings (SSSR count). The van der Waals surface area contributed by atoms with Crippen molar-refractivity contribution in [2.45, 2.75) is 25.7 Å². The zero-order chi connectivity index (χ0) is 19.0. The molecule has 0 aromatic carbocycles. The van der Waals surface area contributed by atoms with Crippen molar-refractivity contribution in [1.82, 2.24) is 19.5 Å². The Kier molecular flexibility index (Phi) is 4.28. The lowest BCUT2D eigenvalue weighted by molar-refractivity contribution is 0.415. The van der Waals surface area contributed by atoms with Crippen LogP contribution in [0.1, 0.15) is 36.9 Å². The number of terminal acetylenes is 1. The number of anilines is 1. The van der Waals surface area contributed by atoms with Crippen LogP contribution in [0, 0.1) is 12.3 Å². The van der Waals surface area contributed by atoms with Crippen molar-refractivity contribution in [2.24, 2.45) is 7.05 Å². The van der Waals surface area contributed by atoms with Crippen LogP contribution in [-0.2, 0) is 7.05 Å². The van der Waals surface area contributed by atoms with Crippen molar-refractivity contribution in [3.8, 4) is 29.4 Å². The first kappa shape index (κ1) is 17.1. The third-order valence-electron chi connectivity index (χ3n) is 5.10. The highest BCUT2D eigenvalue weighted by molar-refractivity contribution is 6.04. The molecule has 0 aliphatic heterocycles. The summed E-state index contributed by atoms with van der Waals surface area (Å²) in [5.41, 5.74) is 11.8. The molecule has 3 heterocycles. The van der Waals surface area contributed by atoms with Crippen LogP contribution < -0.4 is 10.5 Å². The zero-order valence-corrected chi connectivity index (χ0v) is 15.5. The van der Waals surface area contributed by atoms with E-state index in [0.717, 1.165) is 47.1 Å². The first-order valence-electron chi connectivity index (χ1n) is 8.95. The highest BCUT2D eigenvalue weighted by atomic mass is 16.5. The van der Waals surface area contributed by atoms with Gasteiger partial charge in [-0.2, -0.15) is 0 Å². The second-order valence-corrected chi connectivity index (χ2v) is 6.63. The molecule has 1 aliphatic rings. The monoisotopic (exact) mass is 359 g/mol. The number of hydrogen-bond donors (Lipinski definition) is 1. The Bertz CT molecular complexity index is 1100. The molecular formula is C21H21N5O. The summed E-state index contributed by atoms with van der Waals surface area (Å²) in [6.45, 7) is 0. The van der Waals surface area contributed by atoms with Crippen molar-refractivity contribution in [2.75, 3.05) is 12.8 Å². The van der Waals surface area contributed by atoms with Crippen molar-refractivity contribution in [3.63, 3.8) is 0 Å². The van der Waals surface area contributed by atoms with Crippen LogP contribution in [0.25, 0.3) is 27.9 Å². The summed E-state index contributed by atoms with van der Waals surface area (Å²) in [6, 6.07) is 1.78. The van der Waals surface area contributed by atoms with E-state index in [-0.39, 0.29) is 0 Å². The summed E-state index contributed by atoms with van der Waals surface area (Å²) in [7, 11) is 3.61. The standard InChI is InChI=1S/C21H21N5O/c1-4-14-10-16(27-3)15(11-23-14)19-17(13-8-6-5-7-9-13)18-20(22)24-12-25-21(18)26(19)2/h1,8,10-12H,5-7,9H2,2-3H3,(H2,22,24,25). The van der Waals surface area contributed by atoms with Gasteiger partial charge in [-0.3, -0.25) is 0 Å². The summed E-state index contributed by atoms with van der Waals surface area (Å²) in [5, 5.41) is 0.881. The normalized spacial score (nSPS) is 14.0. The minimum atomic E-state index is 0.482. The van der Waals surface area contributed by atoms with Crippen LogP contribution in [-0.4, -0.2) is 26.6 Å². The minimum absolute atomic E-state index is 0.482. The molecule has 0 radical (unpaired) electrons. The van der Waals surface area contributed by atoms with E-state index >= 15 is 0 Å². The van der Waals surface area contributed by atoms with E-state index in [1.807, 2.05) is 11.6 Å². The Morgan fingerprint density at radius 3 is 2.81 bits per heavy atom. The second-order valence-electron chi connectivity index (χ2n) is 6.63. The number of methoxy groups -OCH3 is 1. The second kappa shape index (κ2) is 6.76. The summed E-state index contributed by atoms with van der Waals surface area (Å²) >= 11 is 0. The highest BCUT2D eigenvalue weighted by Gasteiger charge is 2.25. The number of rotatable bonds is 3. The van der Waals surface area contributed by atoms with Gasteiger partial charge in [0.05, 0.1) is 23.8 Å². The average molecular weight is 359 g/mol. The number of fused-ring (bicyclic) bond motifs is 1. The molecule has 27 heavy (non-hydrogen) atoms. The molecule has 1 aliphatic carbocycles. The largest absolute Gasteiger partial charge is 0.496 e. The number of nitrogens with zero attached hydrogens (tertiary/aromatic N) is 4. The van der Waals surface area contributed by atoms with Crippen molar-refractivity contribution >= 4 is 22.4 Å². The first-order valence-corrected chi connectivity index (χ1v) is 8.95. The molecule has 0 saturated heterocycles. The molecule has 3 aromatic rings. The van der Waals surface area contributed by atoms with E-state index in [2.05, 4.69) is 26.9 Å². The number of aryl methyl sites for hydroxylation is 1. The number of ether oxygens (including phenoxy) is 1. The Labute approximate surface area is 158 Å². The van der Waals surface area contributed by atoms with Crippen LogP contribution >= 0.6 is 0 Å². The van der Waals surface area contributed by atoms with Gasteiger partial charge in [-0.05, 0) is 31.3 Å². The molecule has 0 unspecified atom stereocenters. The average Bonchev–Trinajstić information content (AvgIpc) is 3.02. The van der Waals surface area contributed by atoms with Crippen LogP contribution in [0.3, 0.4) is 0 Å². The summed E-state index contributed by atoms with van der Waals surface area (Å²) < 4.78 is 7.67. The van der Waals surface area contributed by atoms with Gasteiger partial charge >= 0.3 is 0 Å². The predicted molar refractivity (Wildman–Crippen MR) is 107 cm³/mol. The smallest absolute Gasteiger partial charge is 0.146 e. The van der Waals surface area contributed by atoms with Gasteiger partial charge in [-0.1, -0.05) is 12.0 Å². The lowest BCUT2D eigenvalue weighted by atomic mass is 9.90. The molecule has 136 valence electrons. The molecule has 6 nitrogen and oxygen atoms in total. The SMILES string of the molecule is C#Cc1cc(OC)c(-c2c(C3=CCCCC3)c3c(N)ncnc3n2C)cn1. The van der Waals surface area contributed by atoms with Gasteiger partial charge in [0, 0.05) is 24.9 Å². The Morgan fingerprint density at radius 1 is 1.26 bits per heavy atom. The van der Waals surface area contributed by atoms with Gasteiger partial charge in [0.25, 0.3) is 0 Å². The molecule has 6 heteroatoms. The number of pyridine rings is 1.